The first-order valence-corrected chi connectivity index (χ1v) is 7.85. The van der Waals surface area contributed by atoms with Crippen molar-refractivity contribution in [3.8, 4) is 0 Å². The summed E-state index contributed by atoms with van der Waals surface area (Å²) < 4.78 is 0. The highest BCUT2D eigenvalue weighted by molar-refractivity contribution is 5.96. The summed E-state index contributed by atoms with van der Waals surface area (Å²) in [6.45, 7) is 5.64. The highest BCUT2D eigenvalue weighted by Crippen LogP contribution is 2.20. The van der Waals surface area contributed by atoms with Crippen LogP contribution in [0.15, 0.2) is 0 Å². The fourth-order valence-electron chi connectivity index (χ4n) is 3.22. The molecular weight excluding hydrogens is 254 g/mol. The Morgan fingerprint density at radius 2 is 2.05 bits per heavy atom. The summed E-state index contributed by atoms with van der Waals surface area (Å²) in [5.74, 6) is 0.0828. The van der Waals surface area contributed by atoms with Gasteiger partial charge in [0.05, 0.1) is 0 Å². The average molecular weight is 281 g/mol. The third-order valence-corrected chi connectivity index (χ3v) is 4.65. The second-order valence-corrected chi connectivity index (χ2v) is 6.15. The van der Waals surface area contributed by atoms with Gasteiger partial charge in [0.1, 0.15) is 12.1 Å². The summed E-state index contributed by atoms with van der Waals surface area (Å²) in [7, 11) is 2.12. The normalized spacial score (nSPS) is 32.4. The van der Waals surface area contributed by atoms with E-state index in [2.05, 4.69) is 17.3 Å². The van der Waals surface area contributed by atoms with Gasteiger partial charge in [-0.3, -0.25) is 9.59 Å². The standard InChI is InChI=1S/C15H27N3O2/c1-4-7-13-15(20)18(11(2)14(19)16-13)10-12-8-5-6-9-17(12)3/h11-13H,4-10H2,1-3H3,(H,16,19). The van der Waals surface area contributed by atoms with E-state index in [0.717, 1.165) is 25.8 Å². The zero-order valence-corrected chi connectivity index (χ0v) is 12.9. The number of hydrogen-bond acceptors (Lipinski definition) is 3. The molecule has 0 saturated carbocycles. The van der Waals surface area contributed by atoms with E-state index in [4.69, 9.17) is 0 Å². The van der Waals surface area contributed by atoms with Gasteiger partial charge in [0.15, 0.2) is 0 Å². The van der Waals surface area contributed by atoms with Crippen molar-refractivity contribution in [3.63, 3.8) is 0 Å². The molecule has 0 aliphatic carbocycles. The SMILES string of the molecule is CCCC1NC(=O)C(C)N(CC2CCCCN2C)C1=O. The van der Waals surface area contributed by atoms with E-state index in [1.54, 1.807) is 4.90 Å². The number of nitrogens with zero attached hydrogens (tertiary/aromatic N) is 2. The van der Waals surface area contributed by atoms with Crippen molar-refractivity contribution in [1.82, 2.24) is 15.1 Å². The lowest BCUT2D eigenvalue weighted by Crippen LogP contribution is -2.64. The topological polar surface area (TPSA) is 52.7 Å². The van der Waals surface area contributed by atoms with Crippen LogP contribution in [0.4, 0.5) is 0 Å². The Bertz CT molecular complexity index is 372. The highest BCUT2D eigenvalue weighted by Gasteiger charge is 2.39. The zero-order chi connectivity index (χ0) is 14.7. The molecule has 0 spiro atoms. The molecule has 5 heteroatoms. The van der Waals surface area contributed by atoms with Crippen molar-refractivity contribution in [2.75, 3.05) is 20.1 Å². The summed E-state index contributed by atoms with van der Waals surface area (Å²) in [6.07, 6.45) is 5.20. The maximum atomic E-state index is 12.5. The first-order chi connectivity index (χ1) is 9.54. The molecule has 0 aromatic carbocycles. The number of piperidine rings is 1. The van der Waals surface area contributed by atoms with Gasteiger partial charge >= 0.3 is 0 Å². The van der Waals surface area contributed by atoms with Crippen LogP contribution in [-0.2, 0) is 9.59 Å². The van der Waals surface area contributed by atoms with Gasteiger partial charge in [-0.25, -0.2) is 0 Å². The Balaban J connectivity index is 2.06. The summed E-state index contributed by atoms with van der Waals surface area (Å²) in [4.78, 5) is 28.7. The summed E-state index contributed by atoms with van der Waals surface area (Å²) >= 11 is 0. The van der Waals surface area contributed by atoms with Crippen molar-refractivity contribution in [2.24, 2.45) is 0 Å². The Morgan fingerprint density at radius 3 is 2.70 bits per heavy atom. The maximum Gasteiger partial charge on any atom is 0.245 e. The third kappa shape index (κ3) is 3.14. The first-order valence-electron chi connectivity index (χ1n) is 7.85. The molecule has 0 radical (unpaired) electrons. The van der Waals surface area contributed by atoms with Gasteiger partial charge in [-0.15, -0.1) is 0 Å². The molecule has 0 aromatic heterocycles. The molecular formula is C15H27N3O2. The lowest BCUT2D eigenvalue weighted by atomic mass is 9.99. The molecule has 114 valence electrons. The minimum absolute atomic E-state index is 0.0125. The Labute approximate surface area is 121 Å². The van der Waals surface area contributed by atoms with E-state index in [0.29, 0.717) is 12.6 Å². The first kappa shape index (κ1) is 15.3. The molecule has 2 rings (SSSR count). The van der Waals surface area contributed by atoms with Crippen LogP contribution in [-0.4, -0.2) is 59.9 Å². The quantitative estimate of drug-likeness (QED) is 0.836. The fourth-order valence-corrected chi connectivity index (χ4v) is 3.22. The molecule has 2 aliphatic rings. The van der Waals surface area contributed by atoms with Crippen molar-refractivity contribution >= 4 is 11.8 Å². The molecule has 0 aromatic rings. The maximum absolute atomic E-state index is 12.5. The zero-order valence-electron chi connectivity index (χ0n) is 12.9. The van der Waals surface area contributed by atoms with Gasteiger partial charge < -0.3 is 15.1 Å². The Kier molecular flexibility index (Phi) is 5.02. The molecule has 0 bridgehead atoms. The highest BCUT2D eigenvalue weighted by atomic mass is 16.2. The molecule has 1 N–H and O–H groups in total. The van der Waals surface area contributed by atoms with E-state index >= 15 is 0 Å². The molecule has 2 aliphatic heterocycles. The predicted octanol–water partition coefficient (Wildman–Crippen LogP) is 0.986. The molecule has 2 fully saturated rings. The number of likely N-dealkylation sites (N-methyl/N-ethyl adjacent to an activating group) is 1. The van der Waals surface area contributed by atoms with Crippen LogP contribution in [0.2, 0.25) is 0 Å². The van der Waals surface area contributed by atoms with Crippen LogP contribution in [0, 0.1) is 0 Å². The van der Waals surface area contributed by atoms with Crippen LogP contribution in [0.25, 0.3) is 0 Å². The number of piperazine rings is 1. The molecule has 2 saturated heterocycles. The molecule has 3 unspecified atom stereocenters. The lowest BCUT2D eigenvalue weighted by Gasteiger charge is -2.42. The van der Waals surface area contributed by atoms with Crippen molar-refractivity contribution in [3.05, 3.63) is 0 Å². The largest absolute Gasteiger partial charge is 0.343 e. The minimum atomic E-state index is -0.342. The monoisotopic (exact) mass is 281 g/mol. The van der Waals surface area contributed by atoms with E-state index < -0.39 is 0 Å². The Morgan fingerprint density at radius 1 is 1.30 bits per heavy atom. The fraction of sp³-hybridized carbons (Fsp3) is 0.867. The molecule has 5 nitrogen and oxygen atoms in total. The number of nitrogens with one attached hydrogen (secondary N) is 1. The summed E-state index contributed by atoms with van der Waals surface area (Å²) in [5.41, 5.74) is 0. The van der Waals surface area contributed by atoms with Crippen LogP contribution >= 0.6 is 0 Å². The van der Waals surface area contributed by atoms with Crippen LogP contribution in [0.5, 0.6) is 0 Å². The average Bonchev–Trinajstić information content (AvgIpc) is 2.43. The number of amides is 2. The van der Waals surface area contributed by atoms with Crippen molar-refractivity contribution < 1.29 is 9.59 Å². The smallest absolute Gasteiger partial charge is 0.245 e. The molecule has 2 heterocycles. The summed E-state index contributed by atoms with van der Waals surface area (Å²) in [6, 6.07) is -0.271. The van der Waals surface area contributed by atoms with Gasteiger partial charge in [-0.05, 0) is 39.8 Å². The number of carbonyl (C=O) groups excluding carboxylic acids is 2. The van der Waals surface area contributed by atoms with E-state index in [9.17, 15) is 9.59 Å². The van der Waals surface area contributed by atoms with Crippen LogP contribution in [0.3, 0.4) is 0 Å². The van der Waals surface area contributed by atoms with Gasteiger partial charge in [-0.1, -0.05) is 19.8 Å². The number of likely N-dealkylation sites (tertiary alicyclic amines) is 1. The molecule has 2 amide bonds. The molecule has 20 heavy (non-hydrogen) atoms. The van der Waals surface area contributed by atoms with E-state index in [1.165, 1.54) is 12.8 Å². The van der Waals surface area contributed by atoms with Crippen LogP contribution < -0.4 is 5.32 Å². The van der Waals surface area contributed by atoms with Gasteiger partial charge in [0.25, 0.3) is 0 Å². The lowest BCUT2D eigenvalue weighted by molar-refractivity contribution is -0.149. The number of rotatable bonds is 4. The number of hydrogen-bond donors (Lipinski definition) is 1. The van der Waals surface area contributed by atoms with Crippen molar-refractivity contribution in [2.45, 2.75) is 64.1 Å². The summed E-state index contributed by atoms with van der Waals surface area (Å²) in [5, 5.41) is 2.85. The van der Waals surface area contributed by atoms with E-state index in [-0.39, 0.29) is 23.9 Å². The van der Waals surface area contributed by atoms with Gasteiger partial charge in [-0.2, -0.15) is 0 Å². The second-order valence-electron chi connectivity index (χ2n) is 6.15. The second kappa shape index (κ2) is 6.57. The van der Waals surface area contributed by atoms with E-state index in [1.807, 2.05) is 13.8 Å². The molecule has 3 atom stereocenters. The third-order valence-electron chi connectivity index (χ3n) is 4.65. The minimum Gasteiger partial charge on any atom is -0.343 e. The predicted molar refractivity (Wildman–Crippen MR) is 78.3 cm³/mol. The van der Waals surface area contributed by atoms with Gasteiger partial charge in [0, 0.05) is 12.6 Å². The van der Waals surface area contributed by atoms with Gasteiger partial charge in [0.2, 0.25) is 11.8 Å². The Hall–Kier alpha value is -1.10. The van der Waals surface area contributed by atoms with Crippen LogP contribution in [0.1, 0.15) is 46.0 Å². The van der Waals surface area contributed by atoms with Crippen molar-refractivity contribution in [1.29, 1.82) is 0 Å². The number of carbonyl (C=O) groups is 2.